The van der Waals surface area contributed by atoms with E-state index in [9.17, 15) is 5.11 Å². The van der Waals surface area contributed by atoms with Crippen LogP contribution in [-0.2, 0) is 0 Å². The zero-order valence-electron chi connectivity index (χ0n) is 12.3. The molecule has 1 saturated carbocycles. The molecule has 0 aromatic heterocycles. The maximum absolute atomic E-state index is 10.4. The summed E-state index contributed by atoms with van der Waals surface area (Å²) in [6, 6.07) is 0. The lowest BCUT2D eigenvalue weighted by Gasteiger charge is -2.40. The molecule has 1 nitrogen and oxygen atoms in total. The van der Waals surface area contributed by atoms with Crippen molar-refractivity contribution in [3.8, 4) is 0 Å². The second-order valence-corrected chi connectivity index (χ2v) is 7.86. The number of allylic oxidation sites excluding steroid dienone is 3. The molecule has 104 valence electrons. The topological polar surface area (TPSA) is 20.2 Å². The van der Waals surface area contributed by atoms with Crippen LogP contribution in [0.1, 0.15) is 65.2 Å². The first-order valence-electron chi connectivity index (χ1n) is 8.23. The van der Waals surface area contributed by atoms with Gasteiger partial charge in [-0.2, -0.15) is 0 Å². The zero-order valence-corrected chi connectivity index (χ0v) is 12.3. The van der Waals surface area contributed by atoms with E-state index in [1.807, 2.05) is 5.57 Å². The third-order valence-corrected chi connectivity index (χ3v) is 6.17. The molecule has 4 rings (SSSR count). The van der Waals surface area contributed by atoms with Gasteiger partial charge in [-0.3, -0.25) is 0 Å². The van der Waals surface area contributed by atoms with Gasteiger partial charge in [-0.1, -0.05) is 25.8 Å². The average Bonchev–Trinajstić information content (AvgIpc) is 2.64. The molecular formula is C18H26O. The zero-order chi connectivity index (χ0) is 13.2. The van der Waals surface area contributed by atoms with E-state index in [0.717, 1.165) is 18.3 Å². The fraction of sp³-hybridized carbons (Fsp3) is 0.778. The predicted molar refractivity (Wildman–Crippen MR) is 77.8 cm³/mol. The molecule has 0 spiro atoms. The number of hydrogen-bond acceptors (Lipinski definition) is 1. The van der Waals surface area contributed by atoms with Gasteiger partial charge in [-0.05, 0) is 78.9 Å². The minimum Gasteiger partial charge on any atom is -0.389 e. The molecule has 1 N–H and O–H groups in total. The largest absolute Gasteiger partial charge is 0.389 e. The molecule has 19 heavy (non-hydrogen) atoms. The first-order chi connectivity index (χ1) is 9.08. The van der Waals surface area contributed by atoms with Crippen LogP contribution in [0.3, 0.4) is 0 Å². The highest BCUT2D eigenvalue weighted by Crippen LogP contribution is 2.60. The Morgan fingerprint density at radius 3 is 2.68 bits per heavy atom. The molecular weight excluding hydrogens is 232 g/mol. The first-order valence-corrected chi connectivity index (χ1v) is 8.23. The van der Waals surface area contributed by atoms with E-state index in [2.05, 4.69) is 13.8 Å². The minimum absolute atomic E-state index is 0.130. The minimum atomic E-state index is -0.130. The van der Waals surface area contributed by atoms with Crippen LogP contribution >= 0.6 is 0 Å². The van der Waals surface area contributed by atoms with Gasteiger partial charge in [0.1, 0.15) is 0 Å². The van der Waals surface area contributed by atoms with E-state index in [0.29, 0.717) is 5.41 Å². The summed E-state index contributed by atoms with van der Waals surface area (Å²) in [7, 11) is 0. The lowest BCUT2D eigenvalue weighted by atomic mass is 9.66. The SMILES string of the molecule is CC1(C)CC2CCCC3CC4=C(CCCC4O)C1=C32. The molecule has 1 fully saturated rings. The van der Waals surface area contributed by atoms with Crippen LogP contribution in [0.15, 0.2) is 22.3 Å². The number of rotatable bonds is 0. The molecule has 0 saturated heterocycles. The van der Waals surface area contributed by atoms with Gasteiger partial charge in [0.15, 0.2) is 0 Å². The van der Waals surface area contributed by atoms with E-state index in [-0.39, 0.29) is 6.10 Å². The van der Waals surface area contributed by atoms with Crippen LogP contribution in [-0.4, -0.2) is 11.2 Å². The molecule has 1 heteroatoms. The van der Waals surface area contributed by atoms with E-state index in [1.165, 1.54) is 50.5 Å². The summed E-state index contributed by atoms with van der Waals surface area (Å²) in [5.41, 5.74) is 6.94. The molecule has 0 heterocycles. The van der Waals surface area contributed by atoms with Crippen molar-refractivity contribution in [3.05, 3.63) is 22.3 Å². The summed E-state index contributed by atoms with van der Waals surface area (Å²) < 4.78 is 0. The fourth-order valence-corrected chi connectivity index (χ4v) is 5.60. The molecule has 3 atom stereocenters. The van der Waals surface area contributed by atoms with Crippen LogP contribution in [0.25, 0.3) is 0 Å². The van der Waals surface area contributed by atoms with Crippen molar-refractivity contribution in [1.82, 2.24) is 0 Å². The summed E-state index contributed by atoms with van der Waals surface area (Å²) in [5.74, 6) is 1.65. The Bertz CT molecular complexity index is 480. The normalized spacial score (nSPS) is 40.3. The van der Waals surface area contributed by atoms with E-state index < -0.39 is 0 Å². The molecule has 0 amide bonds. The first kappa shape index (κ1) is 12.2. The highest BCUT2D eigenvalue weighted by atomic mass is 16.3. The molecule has 0 bridgehead atoms. The Morgan fingerprint density at radius 2 is 1.84 bits per heavy atom. The lowest BCUT2D eigenvalue weighted by Crippen LogP contribution is -2.29. The van der Waals surface area contributed by atoms with Crippen LogP contribution in [0, 0.1) is 17.3 Å². The Hall–Kier alpha value is -0.560. The number of hydrogen-bond donors (Lipinski definition) is 1. The molecule has 0 aliphatic heterocycles. The van der Waals surface area contributed by atoms with Gasteiger partial charge in [0.25, 0.3) is 0 Å². The molecule has 0 aromatic rings. The second kappa shape index (κ2) is 3.97. The molecule has 0 radical (unpaired) electrons. The summed E-state index contributed by atoms with van der Waals surface area (Å²) in [6.07, 6.45) is 10.0. The standard InChI is InChI=1S/C18H26O/c1-18(2)10-12-6-3-5-11-9-14-13(17(18)16(11)12)7-4-8-15(14)19/h11-12,15,19H,3-10H2,1-2H3. The Kier molecular flexibility index (Phi) is 2.55. The quantitative estimate of drug-likeness (QED) is 0.684. The Balaban J connectivity index is 1.89. The summed E-state index contributed by atoms with van der Waals surface area (Å²) in [4.78, 5) is 0. The van der Waals surface area contributed by atoms with E-state index >= 15 is 0 Å². The van der Waals surface area contributed by atoms with Crippen LogP contribution < -0.4 is 0 Å². The van der Waals surface area contributed by atoms with Gasteiger partial charge in [0.05, 0.1) is 6.10 Å². The van der Waals surface area contributed by atoms with Gasteiger partial charge in [0.2, 0.25) is 0 Å². The van der Waals surface area contributed by atoms with Crippen LogP contribution in [0.5, 0.6) is 0 Å². The lowest BCUT2D eigenvalue weighted by molar-refractivity contribution is 0.177. The Morgan fingerprint density at radius 1 is 1.05 bits per heavy atom. The number of aliphatic hydroxyl groups excluding tert-OH is 1. The van der Waals surface area contributed by atoms with E-state index in [1.54, 1.807) is 11.1 Å². The fourth-order valence-electron chi connectivity index (χ4n) is 5.60. The van der Waals surface area contributed by atoms with Gasteiger partial charge >= 0.3 is 0 Å². The monoisotopic (exact) mass is 258 g/mol. The highest BCUT2D eigenvalue weighted by molar-refractivity contribution is 5.53. The van der Waals surface area contributed by atoms with Crippen molar-refractivity contribution in [2.45, 2.75) is 71.3 Å². The van der Waals surface area contributed by atoms with Crippen LogP contribution in [0.2, 0.25) is 0 Å². The van der Waals surface area contributed by atoms with Crippen molar-refractivity contribution in [1.29, 1.82) is 0 Å². The van der Waals surface area contributed by atoms with Gasteiger partial charge < -0.3 is 5.11 Å². The third kappa shape index (κ3) is 1.63. The van der Waals surface area contributed by atoms with Crippen molar-refractivity contribution in [2.75, 3.05) is 0 Å². The van der Waals surface area contributed by atoms with Gasteiger partial charge in [-0.25, -0.2) is 0 Å². The molecule has 0 aromatic carbocycles. The Labute approximate surface area is 116 Å². The summed E-state index contributed by atoms with van der Waals surface area (Å²) in [5, 5.41) is 10.4. The number of fused-ring (bicyclic) bond motifs is 1. The second-order valence-electron chi connectivity index (χ2n) is 7.86. The van der Waals surface area contributed by atoms with E-state index in [4.69, 9.17) is 0 Å². The predicted octanol–water partition coefficient (Wildman–Crippen LogP) is 4.37. The highest BCUT2D eigenvalue weighted by Gasteiger charge is 2.48. The van der Waals surface area contributed by atoms with Crippen molar-refractivity contribution < 1.29 is 5.11 Å². The van der Waals surface area contributed by atoms with Gasteiger partial charge in [-0.15, -0.1) is 0 Å². The third-order valence-electron chi connectivity index (χ3n) is 6.17. The summed E-state index contributed by atoms with van der Waals surface area (Å²) in [6.45, 7) is 4.89. The van der Waals surface area contributed by atoms with Crippen LogP contribution in [0.4, 0.5) is 0 Å². The maximum atomic E-state index is 10.4. The smallest absolute Gasteiger partial charge is 0.0756 e. The molecule has 4 aliphatic rings. The maximum Gasteiger partial charge on any atom is 0.0756 e. The molecule has 4 aliphatic carbocycles. The number of aliphatic hydroxyl groups is 1. The van der Waals surface area contributed by atoms with Crippen molar-refractivity contribution in [2.24, 2.45) is 17.3 Å². The molecule has 3 unspecified atom stereocenters. The summed E-state index contributed by atoms with van der Waals surface area (Å²) >= 11 is 0. The van der Waals surface area contributed by atoms with Crippen molar-refractivity contribution >= 4 is 0 Å². The van der Waals surface area contributed by atoms with Gasteiger partial charge in [0, 0.05) is 0 Å². The average molecular weight is 258 g/mol. The van der Waals surface area contributed by atoms with Crippen molar-refractivity contribution in [3.63, 3.8) is 0 Å².